The van der Waals surface area contributed by atoms with Gasteiger partial charge in [0.25, 0.3) is 0 Å². The molecule has 0 aliphatic carbocycles. The van der Waals surface area contributed by atoms with E-state index in [9.17, 15) is 8.42 Å². The lowest BCUT2D eigenvalue weighted by atomic mass is 10.1. The molecule has 28 heavy (non-hydrogen) atoms. The van der Waals surface area contributed by atoms with Crippen LogP contribution in [0.25, 0.3) is 16.9 Å². The molecule has 0 unspecified atom stereocenters. The molecule has 1 aliphatic rings. The van der Waals surface area contributed by atoms with E-state index >= 15 is 0 Å². The van der Waals surface area contributed by atoms with E-state index in [-0.39, 0.29) is 0 Å². The second kappa shape index (κ2) is 7.45. The first kappa shape index (κ1) is 18.8. The van der Waals surface area contributed by atoms with Crippen LogP contribution in [0.5, 0.6) is 0 Å². The van der Waals surface area contributed by atoms with Crippen molar-refractivity contribution in [2.45, 2.75) is 11.8 Å². The van der Waals surface area contributed by atoms with Gasteiger partial charge in [-0.3, -0.25) is 0 Å². The van der Waals surface area contributed by atoms with Crippen molar-refractivity contribution in [2.75, 3.05) is 37.5 Å². The van der Waals surface area contributed by atoms with Crippen LogP contribution in [0.2, 0.25) is 0 Å². The van der Waals surface area contributed by atoms with E-state index in [0.29, 0.717) is 4.90 Å². The fraction of sp³-hybridized carbons (Fsp3) is 0.273. The minimum absolute atomic E-state index is 0.326. The summed E-state index contributed by atoms with van der Waals surface area (Å²) in [6.07, 6.45) is 1.24. The number of benzene rings is 2. The summed E-state index contributed by atoms with van der Waals surface area (Å²) in [4.78, 5) is 2.65. The molecule has 1 fully saturated rings. The van der Waals surface area contributed by atoms with Gasteiger partial charge in [0.1, 0.15) is 0 Å². The zero-order valence-electron chi connectivity index (χ0n) is 16.1. The molecule has 1 aliphatic heterocycles. The Kier molecular flexibility index (Phi) is 5.00. The van der Waals surface area contributed by atoms with Crippen molar-refractivity contribution in [1.29, 1.82) is 0 Å². The lowest BCUT2D eigenvalue weighted by Gasteiger charge is -2.29. The molecule has 0 spiro atoms. The number of nitrogens with zero attached hydrogens (tertiary/aromatic N) is 2. The average molecular weight is 397 g/mol. The Morgan fingerprint density at radius 1 is 0.893 bits per heavy atom. The van der Waals surface area contributed by atoms with Crippen LogP contribution in [-0.2, 0) is 14.6 Å². The molecule has 5 nitrogen and oxygen atoms in total. The predicted octanol–water partition coefficient (Wildman–Crippen LogP) is 3.69. The first-order valence-corrected chi connectivity index (χ1v) is 11.2. The van der Waals surface area contributed by atoms with Crippen molar-refractivity contribution in [3.05, 3.63) is 66.4 Å². The molecule has 4 rings (SSSR count). The Morgan fingerprint density at radius 3 is 2.29 bits per heavy atom. The number of aryl methyl sites for hydroxylation is 1. The van der Waals surface area contributed by atoms with E-state index in [2.05, 4.69) is 45.9 Å². The van der Waals surface area contributed by atoms with Gasteiger partial charge in [0.2, 0.25) is 0 Å². The number of ether oxygens (including phenoxy) is 1. The molecule has 3 aromatic rings. The molecule has 6 heteroatoms. The Balaban J connectivity index is 1.71. The van der Waals surface area contributed by atoms with E-state index in [1.54, 1.807) is 18.2 Å². The third-order valence-electron chi connectivity index (χ3n) is 5.12. The monoisotopic (exact) mass is 396 g/mol. The van der Waals surface area contributed by atoms with Gasteiger partial charge < -0.3 is 14.2 Å². The van der Waals surface area contributed by atoms with Crippen LogP contribution in [0.4, 0.5) is 5.69 Å². The molecule has 146 valence electrons. The van der Waals surface area contributed by atoms with E-state index in [0.717, 1.165) is 48.9 Å². The lowest BCUT2D eigenvalue weighted by Crippen LogP contribution is -2.36. The van der Waals surface area contributed by atoms with Crippen molar-refractivity contribution in [3.8, 4) is 16.9 Å². The summed E-state index contributed by atoms with van der Waals surface area (Å²) in [6.45, 7) is 5.37. The second-order valence-electron chi connectivity index (χ2n) is 7.11. The number of aromatic nitrogens is 1. The summed E-state index contributed by atoms with van der Waals surface area (Å²) in [5, 5.41) is 0. The van der Waals surface area contributed by atoms with E-state index in [1.165, 1.54) is 11.9 Å². The molecule has 2 heterocycles. The molecule has 0 saturated carbocycles. The molecule has 0 bridgehead atoms. The SMILES string of the molecule is Cc1ccc(-c2ccc(N3CCOCC3)cc2)n1-c1cccc(S(C)(=O)=O)c1. The van der Waals surface area contributed by atoms with E-state index in [1.807, 2.05) is 13.0 Å². The third-order valence-corrected chi connectivity index (χ3v) is 6.23. The molecule has 0 atom stereocenters. The maximum atomic E-state index is 12.0. The largest absolute Gasteiger partial charge is 0.378 e. The van der Waals surface area contributed by atoms with Crippen LogP contribution < -0.4 is 4.90 Å². The van der Waals surface area contributed by atoms with E-state index in [4.69, 9.17) is 4.74 Å². The molecule has 1 saturated heterocycles. The van der Waals surface area contributed by atoms with Crippen molar-refractivity contribution in [2.24, 2.45) is 0 Å². The summed E-state index contributed by atoms with van der Waals surface area (Å²) in [5.41, 5.74) is 5.23. The number of anilines is 1. The predicted molar refractivity (Wildman–Crippen MR) is 112 cm³/mol. The molecule has 2 aromatic carbocycles. The summed E-state index contributed by atoms with van der Waals surface area (Å²) in [5.74, 6) is 0. The maximum Gasteiger partial charge on any atom is 0.175 e. The van der Waals surface area contributed by atoms with Crippen LogP contribution in [0, 0.1) is 6.92 Å². The van der Waals surface area contributed by atoms with Crippen LogP contribution >= 0.6 is 0 Å². The van der Waals surface area contributed by atoms with Gasteiger partial charge >= 0.3 is 0 Å². The molecule has 0 radical (unpaired) electrons. The van der Waals surface area contributed by atoms with Gasteiger partial charge in [-0.05, 0) is 55.0 Å². The minimum Gasteiger partial charge on any atom is -0.378 e. The fourth-order valence-electron chi connectivity index (χ4n) is 3.62. The number of hydrogen-bond donors (Lipinski definition) is 0. The highest BCUT2D eigenvalue weighted by molar-refractivity contribution is 7.90. The highest BCUT2D eigenvalue weighted by Gasteiger charge is 2.14. The average Bonchev–Trinajstić information content (AvgIpc) is 3.10. The smallest absolute Gasteiger partial charge is 0.175 e. The van der Waals surface area contributed by atoms with Crippen LogP contribution in [0.3, 0.4) is 0 Å². The molecule has 1 aromatic heterocycles. The first-order valence-electron chi connectivity index (χ1n) is 9.35. The summed E-state index contributed by atoms with van der Waals surface area (Å²) in [6, 6.07) is 19.7. The molecular formula is C22H24N2O3S. The quantitative estimate of drug-likeness (QED) is 0.675. The molecule has 0 N–H and O–H groups in total. The molecule has 0 amide bonds. The van der Waals surface area contributed by atoms with Crippen molar-refractivity contribution in [1.82, 2.24) is 4.57 Å². The zero-order valence-corrected chi connectivity index (χ0v) is 16.9. The highest BCUT2D eigenvalue weighted by atomic mass is 32.2. The van der Waals surface area contributed by atoms with Crippen LogP contribution in [0.1, 0.15) is 5.69 Å². The van der Waals surface area contributed by atoms with Gasteiger partial charge in [0, 0.05) is 36.4 Å². The first-order chi connectivity index (χ1) is 13.4. The van der Waals surface area contributed by atoms with Crippen molar-refractivity contribution >= 4 is 15.5 Å². The molecular weight excluding hydrogens is 372 g/mol. The second-order valence-corrected chi connectivity index (χ2v) is 9.13. The Morgan fingerprint density at radius 2 is 1.61 bits per heavy atom. The standard InChI is InChI=1S/C22H24N2O3S/c1-17-6-11-22(24(17)20-4-3-5-21(16-20)28(2,25)26)18-7-9-19(10-8-18)23-12-14-27-15-13-23/h3-11,16H,12-15H2,1-2H3. The number of rotatable bonds is 4. The third kappa shape index (κ3) is 3.70. The van der Waals surface area contributed by atoms with Gasteiger partial charge in [-0.15, -0.1) is 0 Å². The zero-order chi connectivity index (χ0) is 19.7. The van der Waals surface area contributed by atoms with Crippen molar-refractivity contribution in [3.63, 3.8) is 0 Å². The minimum atomic E-state index is -3.25. The lowest BCUT2D eigenvalue weighted by molar-refractivity contribution is 0.122. The van der Waals surface area contributed by atoms with Gasteiger partial charge in [-0.25, -0.2) is 8.42 Å². The van der Waals surface area contributed by atoms with Gasteiger partial charge in [-0.1, -0.05) is 18.2 Å². The van der Waals surface area contributed by atoms with Gasteiger partial charge in [0.05, 0.1) is 23.8 Å². The number of hydrogen-bond acceptors (Lipinski definition) is 4. The number of morpholine rings is 1. The Hall–Kier alpha value is -2.57. The normalized spacial score (nSPS) is 15.0. The van der Waals surface area contributed by atoms with Gasteiger partial charge in [-0.2, -0.15) is 0 Å². The topological polar surface area (TPSA) is 51.5 Å². The number of sulfone groups is 1. The fourth-order valence-corrected chi connectivity index (χ4v) is 4.29. The van der Waals surface area contributed by atoms with Crippen LogP contribution in [-0.4, -0.2) is 45.5 Å². The summed E-state index contributed by atoms with van der Waals surface area (Å²) in [7, 11) is -3.25. The highest BCUT2D eigenvalue weighted by Crippen LogP contribution is 2.29. The summed E-state index contributed by atoms with van der Waals surface area (Å²) >= 11 is 0. The Labute approximate surface area is 166 Å². The summed E-state index contributed by atoms with van der Waals surface area (Å²) < 4.78 is 31.4. The maximum absolute atomic E-state index is 12.0. The van der Waals surface area contributed by atoms with Crippen molar-refractivity contribution < 1.29 is 13.2 Å². The van der Waals surface area contributed by atoms with Gasteiger partial charge in [0.15, 0.2) is 9.84 Å². The van der Waals surface area contributed by atoms with E-state index < -0.39 is 9.84 Å². The Bertz CT molecular complexity index is 1080. The van der Waals surface area contributed by atoms with Crippen LogP contribution in [0.15, 0.2) is 65.6 Å².